The summed E-state index contributed by atoms with van der Waals surface area (Å²) >= 11 is 1.06. The van der Waals surface area contributed by atoms with Gasteiger partial charge in [-0.25, -0.2) is 4.79 Å². The number of hydrogen-bond acceptors (Lipinski definition) is 3. The Morgan fingerprint density at radius 2 is 2.22 bits per heavy atom. The monoisotopic (exact) mass is 146 g/mol. The Hall–Kier alpha value is -0.710. The van der Waals surface area contributed by atoms with Crippen molar-refractivity contribution in [3.63, 3.8) is 0 Å². The average Bonchev–Trinajstić information content (AvgIpc) is 1.59. The van der Waals surface area contributed by atoms with Crippen LogP contribution in [0, 0.1) is 0 Å². The van der Waals surface area contributed by atoms with Gasteiger partial charge in [0.05, 0.1) is 5.37 Å². The van der Waals surface area contributed by atoms with Crippen molar-refractivity contribution in [2.45, 2.75) is 12.3 Å². The largest absolute Gasteiger partial charge is 0.326 e. The molecule has 1 saturated heterocycles. The molecule has 0 aliphatic carbocycles. The molecule has 2 N–H and O–H groups in total. The molecule has 0 aromatic carbocycles. The summed E-state index contributed by atoms with van der Waals surface area (Å²) in [4.78, 5) is 20.9. The Balaban J connectivity index is 2.53. The number of urea groups is 1. The van der Waals surface area contributed by atoms with Crippen molar-refractivity contribution in [1.82, 2.24) is 10.6 Å². The average molecular weight is 146 g/mol. The highest BCUT2D eigenvalue weighted by Crippen LogP contribution is 2.10. The molecular weight excluding hydrogens is 140 g/mol. The number of nitrogens with one attached hydrogen (secondary N) is 2. The van der Waals surface area contributed by atoms with E-state index >= 15 is 0 Å². The first kappa shape index (κ1) is 6.41. The maximum atomic E-state index is 10.5. The topological polar surface area (TPSA) is 58.2 Å². The fourth-order valence-electron chi connectivity index (χ4n) is 0.533. The highest BCUT2D eigenvalue weighted by molar-refractivity contribution is 8.14. The zero-order valence-corrected chi connectivity index (χ0v) is 5.62. The number of amides is 3. The molecule has 1 aliphatic rings. The summed E-state index contributed by atoms with van der Waals surface area (Å²) < 4.78 is 0. The van der Waals surface area contributed by atoms with E-state index in [0.717, 1.165) is 11.8 Å². The van der Waals surface area contributed by atoms with Crippen LogP contribution in [0.1, 0.15) is 6.92 Å². The minimum Gasteiger partial charge on any atom is -0.326 e. The smallest absolute Gasteiger partial charge is 0.322 e. The Bertz CT molecular complexity index is 143. The predicted octanol–water partition coefficient (Wildman–Crippen LogP) is 0.498. The van der Waals surface area contributed by atoms with Gasteiger partial charge in [0.15, 0.2) is 0 Å². The van der Waals surface area contributed by atoms with Crippen LogP contribution in [0.15, 0.2) is 0 Å². The molecule has 0 saturated carbocycles. The minimum atomic E-state index is -0.411. The molecule has 1 rings (SSSR count). The molecule has 1 atom stereocenters. The molecule has 50 valence electrons. The number of thioether (sulfide) groups is 1. The summed E-state index contributed by atoms with van der Waals surface area (Å²) in [5.74, 6) is 0. The first-order chi connectivity index (χ1) is 4.18. The van der Waals surface area contributed by atoms with Gasteiger partial charge in [-0.15, -0.1) is 0 Å². The van der Waals surface area contributed by atoms with Gasteiger partial charge in [-0.2, -0.15) is 0 Å². The molecule has 0 radical (unpaired) electrons. The lowest BCUT2D eigenvalue weighted by atomic mass is 10.7. The molecule has 1 heterocycles. The van der Waals surface area contributed by atoms with Crippen LogP contribution in [0.4, 0.5) is 9.59 Å². The molecule has 0 aromatic heterocycles. The van der Waals surface area contributed by atoms with Gasteiger partial charge >= 0.3 is 6.03 Å². The normalized spacial score (nSPS) is 27.0. The van der Waals surface area contributed by atoms with E-state index in [1.807, 2.05) is 0 Å². The SMILES string of the molecule is CC1NC(=O)NC(=O)S1. The standard InChI is InChI=1S/C4H6N2O2S/c1-2-5-3(7)6-4(8)9-2/h2H,1H3,(H2,5,6,7,8). The number of rotatable bonds is 0. The summed E-state index contributed by atoms with van der Waals surface area (Å²) in [7, 11) is 0. The second kappa shape index (κ2) is 2.26. The second-order valence-electron chi connectivity index (χ2n) is 1.65. The molecule has 1 fully saturated rings. The van der Waals surface area contributed by atoms with Crippen molar-refractivity contribution in [2.24, 2.45) is 0 Å². The van der Waals surface area contributed by atoms with Gasteiger partial charge in [0.25, 0.3) is 5.24 Å². The van der Waals surface area contributed by atoms with Crippen LogP contribution in [0.25, 0.3) is 0 Å². The van der Waals surface area contributed by atoms with Crippen LogP contribution < -0.4 is 10.6 Å². The maximum absolute atomic E-state index is 10.5. The second-order valence-corrected chi connectivity index (χ2v) is 2.96. The van der Waals surface area contributed by atoms with Gasteiger partial charge in [-0.05, 0) is 18.7 Å². The Kier molecular flexibility index (Phi) is 1.61. The van der Waals surface area contributed by atoms with E-state index in [-0.39, 0.29) is 10.6 Å². The molecule has 0 bridgehead atoms. The lowest BCUT2D eigenvalue weighted by Gasteiger charge is -2.17. The molecule has 1 aliphatic heterocycles. The van der Waals surface area contributed by atoms with Crippen LogP contribution in [-0.2, 0) is 0 Å². The van der Waals surface area contributed by atoms with Crippen molar-refractivity contribution in [3.05, 3.63) is 0 Å². The van der Waals surface area contributed by atoms with Gasteiger partial charge in [-0.1, -0.05) is 0 Å². The first-order valence-corrected chi connectivity index (χ1v) is 3.34. The summed E-state index contributed by atoms with van der Waals surface area (Å²) in [5, 5.41) is 4.19. The van der Waals surface area contributed by atoms with E-state index in [9.17, 15) is 9.59 Å². The molecule has 0 spiro atoms. The van der Waals surface area contributed by atoms with Crippen molar-refractivity contribution < 1.29 is 9.59 Å². The van der Waals surface area contributed by atoms with Gasteiger partial charge in [0.2, 0.25) is 0 Å². The van der Waals surface area contributed by atoms with Crippen LogP contribution in [0.2, 0.25) is 0 Å². The first-order valence-electron chi connectivity index (χ1n) is 2.46. The highest BCUT2D eigenvalue weighted by atomic mass is 32.2. The maximum Gasteiger partial charge on any atom is 0.322 e. The Labute approximate surface area is 56.4 Å². The molecule has 4 nitrogen and oxygen atoms in total. The molecular formula is C4H6N2O2S. The fraction of sp³-hybridized carbons (Fsp3) is 0.500. The van der Waals surface area contributed by atoms with Crippen molar-refractivity contribution in [2.75, 3.05) is 0 Å². The zero-order chi connectivity index (χ0) is 6.85. The van der Waals surface area contributed by atoms with Gasteiger partial charge in [0.1, 0.15) is 0 Å². The van der Waals surface area contributed by atoms with E-state index in [4.69, 9.17) is 0 Å². The molecule has 9 heavy (non-hydrogen) atoms. The van der Waals surface area contributed by atoms with Gasteiger partial charge in [0, 0.05) is 0 Å². The summed E-state index contributed by atoms with van der Waals surface area (Å²) in [6, 6.07) is -0.411. The Morgan fingerprint density at radius 3 is 2.67 bits per heavy atom. The van der Waals surface area contributed by atoms with Crippen LogP contribution >= 0.6 is 11.8 Å². The quantitative estimate of drug-likeness (QED) is 0.523. The van der Waals surface area contributed by atoms with Crippen LogP contribution in [0.3, 0.4) is 0 Å². The third kappa shape index (κ3) is 1.60. The van der Waals surface area contributed by atoms with E-state index in [1.54, 1.807) is 6.92 Å². The third-order valence-corrected chi connectivity index (χ3v) is 1.62. The van der Waals surface area contributed by atoms with E-state index in [2.05, 4.69) is 10.6 Å². The number of carbonyl (C=O) groups excluding carboxylic acids is 2. The highest BCUT2D eigenvalue weighted by Gasteiger charge is 2.19. The predicted molar refractivity (Wildman–Crippen MR) is 34.1 cm³/mol. The van der Waals surface area contributed by atoms with Crippen LogP contribution in [-0.4, -0.2) is 16.6 Å². The lowest BCUT2D eigenvalue weighted by Crippen LogP contribution is -2.47. The molecule has 1 unspecified atom stereocenters. The zero-order valence-electron chi connectivity index (χ0n) is 4.80. The van der Waals surface area contributed by atoms with Gasteiger partial charge < -0.3 is 5.32 Å². The molecule has 5 heteroatoms. The van der Waals surface area contributed by atoms with Crippen molar-refractivity contribution >= 4 is 23.0 Å². The molecule has 0 aromatic rings. The third-order valence-electron chi connectivity index (χ3n) is 0.834. The van der Waals surface area contributed by atoms with Crippen molar-refractivity contribution in [3.8, 4) is 0 Å². The number of carbonyl (C=O) groups is 2. The summed E-state index contributed by atoms with van der Waals surface area (Å²) in [5.41, 5.74) is 0. The summed E-state index contributed by atoms with van der Waals surface area (Å²) in [6.45, 7) is 1.75. The van der Waals surface area contributed by atoms with E-state index in [1.165, 1.54) is 0 Å². The number of imide groups is 1. The summed E-state index contributed by atoms with van der Waals surface area (Å²) in [6.07, 6.45) is 0. The van der Waals surface area contributed by atoms with Crippen LogP contribution in [0.5, 0.6) is 0 Å². The lowest BCUT2D eigenvalue weighted by molar-refractivity contribution is 0.234. The van der Waals surface area contributed by atoms with E-state index < -0.39 is 6.03 Å². The van der Waals surface area contributed by atoms with Crippen molar-refractivity contribution in [1.29, 1.82) is 0 Å². The fourth-order valence-corrected chi connectivity index (χ4v) is 1.17. The number of hydrogen-bond donors (Lipinski definition) is 2. The van der Waals surface area contributed by atoms with Gasteiger partial charge in [-0.3, -0.25) is 10.1 Å². The molecule has 3 amide bonds. The minimum absolute atomic E-state index is 0.105. The Morgan fingerprint density at radius 1 is 1.56 bits per heavy atom. The van der Waals surface area contributed by atoms with E-state index in [0.29, 0.717) is 0 Å².